The van der Waals surface area contributed by atoms with Gasteiger partial charge in [0.1, 0.15) is 11.8 Å². The van der Waals surface area contributed by atoms with E-state index in [-0.39, 0.29) is 19.2 Å². The summed E-state index contributed by atoms with van der Waals surface area (Å²) in [7, 11) is 1.59. The number of rotatable bonds is 13. The van der Waals surface area contributed by atoms with Crippen LogP contribution in [0.25, 0.3) is 0 Å². The zero-order chi connectivity index (χ0) is 19.4. The predicted octanol–water partition coefficient (Wildman–Crippen LogP) is 1.21. The molecule has 0 aliphatic heterocycles. The first-order chi connectivity index (χ1) is 12.5. The fourth-order valence-corrected chi connectivity index (χ4v) is 2.34. The molecule has 0 radical (unpaired) electrons. The zero-order valence-corrected chi connectivity index (χ0v) is 15.6. The molecule has 1 rings (SSSR count). The maximum Gasteiger partial charge on any atom is 0.322 e. The molecule has 0 bridgehead atoms. The number of nitrogens with one attached hydrogen (secondary N) is 1. The molecule has 0 saturated heterocycles. The molecule has 0 unspecified atom stereocenters. The van der Waals surface area contributed by atoms with Crippen LogP contribution in [-0.4, -0.2) is 74.7 Å². The highest BCUT2D eigenvalue weighted by Crippen LogP contribution is 2.12. The molecule has 0 fully saturated rings. The van der Waals surface area contributed by atoms with Crippen LogP contribution in [0.2, 0.25) is 0 Å². The standard InChI is InChI=1S/C18H28N2O6/c1-4-20(5-2)16(18(22)23)12-19-17(21)14-6-8-15(9-7-14)26-13-25-11-10-24-3/h6-9,16H,4-5,10-13H2,1-3H3,(H,19,21)(H,22,23)/t16-/m0/s1. The molecule has 8 heteroatoms. The molecule has 1 aromatic carbocycles. The quantitative estimate of drug-likeness (QED) is 0.399. The average molecular weight is 368 g/mol. The molecule has 8 nitrogen and oxygen atoms in total. The van der Waals surface area contributed by atoms with Crippen molar-refractivity contribution in [2.75, 3.05) is 46.8 Å². The Kier molecular flexibility index (Phi) is 10.3. The van der Waals surface area contributed by atoms with Crippen molar-refractivity contribution in [1.82, 2.24) is 10.2 Å². The second-order valence-electron chi connectivity index (χ2n) is 5.47. The average Bonchev–Trinajstić information content (AvgIpc) is 2.65. The first-order valence-corrected chi connectivity index (χ1v) is 8.58. The number of amides is 1. The van der Waals surface area contributed by atoms with Crippen molar-refractivity contribution in [2.24, 2.45) is 0 Å². The van der Waals surface area contributed by atoms with Crippen molar-refractivity contribution in [3.05, 3.63) is 29.8 Å². The molecule has 1 aromatic rings. The van der Waals surface area contributed by atoms with E-state index in [0.29, 0.717) is 37.6 Å². The van der Waals surface area contributed by atoms with Crippen molar-refractivity contribution in [3.8, 4) is 5.75 Å². The molecule has 1 atom stereocenters. The van der Waals surface area contributed by atoms with E-state index in [1.165, 1.54) is 0 Å². The van der Waals surface area contributed by atoms with Crippen molar-refractivity contribution >= 4 is 11.9 Å². The number of likely N-dealkylation sites (N-methyl/N-ethyl adjacent to an activating group) is 1. The van der Waals surface area contributed by atoms with Crippen LogP contribution in [0.15, 0.2) is 24.3 Å². The van der Waals surface area contributed by atoms with Gasteiger partial charge in [-0.3, -0.25) is 14.5 Å². The number of carboxylic acid groups (broad SMARTS) is 1. The SMILES string of the molecule is CCN(CC)[C@@H](CNC(=O)c1ccc(OCOCCOC)cc1)C(=O)O. The summed E-state index contributed by atoms with van der Waals surface area (Å²) in [6.07, 6.45) is 0. The van der Waals surface area contributed by atoms with Crippen molar-refractivity contribution < 1.29 is 28.9 Å². The van der Waals surface area contributed by atoms with Gasteiger partial charge in [-0.05, 0) is 37.4 Å². The van der Waals surface area contributed by atoms with Gasteiger partial charge in [-0.15, -0.1) is 0 Å². The fraction of sp³-hybridized carbons (Fsp3) is 0.556. The topological polar surface area (TPSA) is 97.3 Å². The van der Waals surface area contributed by atoms with Crippen molar-refractivity contribution in [1.29, 1.82) is 0 Å². The van der Waals surface area contributed by atoms with E-state index in [2.05, 4.69) is 5.32 Å². The molecular formula is C18H28N2O6. The third-order valence-electron chi connectivity index (χ3n) is 3.85. The van der Waals surface area contributed by atoms with Crippen molar-refractivity contribution in [3.63, 3.8) is 0 Å². The molecular weight excluding hydrogens is 340 g/mol. The van der Waals surface area contributed by atoms with Gasteiger partial charge < -0.3 is 24.6 Å². The Balaban J connectivity index is 2.50. The molecule has 26 heavy (non-hydrogen) atoms. The van der Waals surface area contributed by atoms with Gasteiger partial charge in [0, 0.05) is 19.2 Å². The van der Waals surface area contributed by atoms with Crippen LogP contribution in [0.3, 0.4) is 0 Å². The molecule has 0 aliphatic carbocycles. The summed E-state index contributed by atoms with van der Waals surface area (Å²) < 4.78 is 15.4. The smallest absolute Gasteiger partial charge is 0.322 e. The van der Waals surface area contributed by atoms with E-state index in [9.17, 15) is 14.7 Å². The van der Waals surface area contributed by atoms with Crippen LogP contribution < -0.4 is 10.1 Å². The highest BCUT2D eigenvalue weighted by atomic mass is 16.7. The summed E-state index contributed by atoms with van der Waals surface area (Å²) in [6.45, 7) is 6.05. The summed E-state index contributed by atoms with van der Waals surface area (Å²) in [6, 6.07) is 5.81. The fourth-order valence-electron chi connectivity index (χ4n) is 2.34. The van der Waals surface area contributed by atoms with E-state index < -0.39 is 12.0 Å². The lowest BCUT2D eigenvalue weighted by atomic mass is 10.2. The minimum Gasteiger partial charge on any atom is -0.480 e. The Morgan fingerprint density at radius 1 is 1.15 bits per heavy atom. The number of methoxy groups -OCH3 is 1. The number of nitrogens with zero attached hydrogens (tertiary/aromatic N) is 1. The van der Waals surface area contributed by atoms with Crippen LogP contribution >= 0.6 is 0 Å². The number of hydrogen-bond acceptors (Lipinski definition) is 6. The number of aliphatic carboxylic acids is 1. The molecule has 2 N–H and O–H groups in total. The molecule has 146 valence electrons. The number of carboxylic acids is 1. The largest absolute Gasteiger partial charge is 0.480 e. The van der Waals surface area contributed by atoms with Gasteiger partial charge in [0.2, 0.25) is 0 Å². The number of hydrogen-bond donors (Lipinski definition) is 2. The van der Waals surface area contributed by atoms with Gasteiger partial charge >= 0.3 is 5.97 Å². The van der Waals surface area contributed by atoms with Crippen LogP contribution in [-0.2, 0) is 14.3 Å². The normalized spacial score (nSPS) is 12.0. The lowest BCUT2D eigenvalue weighted by Crippen LogP contribution is -2.48. The van der Waals surface area contributed by atoms with Gasteiger partial charge in [0.25, 0.3) is 5.91 Å². The molecule has 1 amide bonds. The Morgan fingerprint density at radius 3 is 2.35 bits per heavy atom. The highest BCUT2D eigenvalue weighted by Gasteiger charge is 2.23. The zero-order valence-electron chi connectivity index (χ0n) is 15.6. The third-order valence-corrected chi connectivity index (χ3v) is 3.85. The monoisotopic (exact) mass is 368 g/mol. The lowest BCUT2D eigenvalue weighted by Gasteiger charge is -2.26. The third kappa shape index (κ3) is 7.38. The summed E-state index contributed by atoms with van der Waals surface area (Å²) in [4.78, 5) is 25.4. The maximum atomic E-state index is 12.2. The summed E-state index contributed by atoms with van der Waals surface area (Å²) in [5.74, 6) is -0.706. The van der Waals surface area contributed by atoms with E-state index in [0.717, 1.165) is 0 Å². The van der Waals surface area contributed by atoms with Gasteiger partial charge in [-0.25, -0.2) is 0 Å². The first-order valence-electron chi connectivity index (χ1n) is 8.58. The number of benzene rings is 1. The Hall–Kier alpha value is -2.16. The molecule has 0 aromatic heterocycles. The molecule has 0 saturated carbocycles. The van der Waals surface area contributed by atoms with E-state index in [1.54, 1.807) is 36.3 Å². The van der Waals surface area contributed by atoms with Gasteiger partial charge in [0.15, 0.2) is 6.79 Å². The lowest BCUT2D eigenvalue weighted by molar-refractivity contribution is -0.142. The summed E-state index contributed by atoms with van der Waals surface area (Å²) >= 11 is 0. The predicted molar refractivity (Wildman–Crippen MR) is 96.4 cm³/mol. The summed E-state index contributed by atoms with van der Waals surface area (Å²) in [5, 5.41) is 12.0. The minimum absolute atomic E-state index is 0.0431. The van der Waals surface area contributed by atoms with Gasteiger partial charge in [-0.1, -0.05) is 13.8 Å². The first kappa shape index (κ1) is 21.9. The molecule has 0 aliphatic rings. The molecule has 0 spiro atoms. The maximum absolute atomic E-state index is 12.2. The van der Waals surface area contributed by atoms with Gasteiger partial charge in [0.05, 0.1) is 13.2 Å². The highest BCUT2D eigenvalue weighted by molar-refractivity contribution is 5.94. The Morgan fingerprint density at radius 2 is 1.81 bits per heavy atom. The van der Waals surface area contributed by atoms with Crippen LogP contribution in [0.1, 0.15) is 24.2 Å². The van der Waals surface area contributed by atoms with E-state index in [1.807, 2.05) is 13.8 Å². The Labute approximate surface area is 154 Å². The number of carbonyl (C=O) groups excluding carboxylic acids is 1. The Bertz CT molecular complexity index is 545. The van der Waals surface area contributed by atoms with Crippen LogP contribution in [0.5, 0.6) is 5.75 Å². The summed E-state index contributed by atoms with van der Waals surface area (Å²) in [5.41, 5.74) is 0.432. The van der Waals surface area contributed by atoms with Crippen molar-refractivity contribution in [2.45, 2.75) is 19.9 Å². The number of carbonyl (C=O) groups is 2. The second-order valence-corrected chi connectivity index (χ2v) is 5.47. The molecule has 0 heterocycles. The number of ether oxygens (including phenoxy) is 3. The second kappa shape index (κ2) is 12.2. The van der Waals surface area contributed by atoms with Crippen LogP contribution in [0, 0.1) is 0 Å². The van der Waals surface area contributed by atoms with E-state index >= 15 is 0 Å². The minimum atomic E-state index is -0.953. The van der Waals surface area contributed by atoms with E-state index in [4.69, 9.17) is 14.2 Å². The van der Waals surface area contributed by atoms with Gasteiger partial charge in [-0.2, -0.15) is 0 Å². The van der Waals surface area contributed by atoms with Crippen LogP contribution in [0.4, 0.5) is 0 Å².